The van der Waals surface area contributed by atoms with E-state index in [2.05, 4.69) is 26.3 Å². The second-order valence-electron chi connectivity index (χ2n) is 7.92. The van der Waals surface area contributed by atoms with Gasteiger partial charge >= 0.3 is 0 Å². The number of aromatic nitrogens is 3. The molecule has 1 aromatic carbocycles. The van der Waals surface area contributed by atoms with E-state index in [-0.39, 0.29) is 5.91 Å². The summed E-state index contributed by atoms with van der Waals surface area (Å²) in [6, 6.07) is 13.1. The monoisotopic (exact) mass is 419 g/mol. The van der Waals surface area contributed by atoms with Gasteiger partial charge in [0.25, 0.3) is 5.91 Å². The van der Waals surface area contributed by atoms with Gasteiger partial charge in [-0.15, -0.1) is 0 Å². The van der Waals surface area contributed by atoms with Gasteiger partial charge in [0, 0.05) is 29.7 Å². The van der Waals surface area contributed by atoms with Crippen LogP contribution in [-0.4, -0.2) is 27.4 Å². The molecule has 152 valence electrons. The topological polar surface area (TPSA) is 71.0 Å². The van der Waals surface area contributed by atoms with Gasteiger partial charge in [-0.25, -0.2) is 9.97 Å². The lowest BCUT2D eigenvalue weighted by Gasteiger charge is -2.42. The highest BCUT2D eigenvalue weighted by Gasteiger charge is 2.42. The van der Waals surface area contributed by atoms with Gasteiger partial charge in [0.2, 0.25) is 0 Å². The van der Waals surface area contributed by atoms with E-state index < -0.39 is 5.54 Å². The summed E-state index contributed by atoms with van der Waals surface area (Å²) in [4.78, 5) is 28.7. The first-order valence-electron chi connectivity index (χ1n) is 10.2. The van der Waals surface area contributed by atoms with E-state index in [0.717, 1.165) is 60.9 Å². The molecule has 2 aliphatic rings. The molecule has 0 saturated heterocycles. The molecule has 1 saturated carbocycles. The summed E-state index contributed by atoms with van der Waals surface area (Å²) in [5.74, 6) is 1.56. The molecular weight excluding hydrogens is 398 g/mol. The zero-order chi connectivity index (χ0) is 20.7. The third-order valence-corrected chi connectivity index (χ3v) is 6.26. The number of benzene rings is 1. The third-order valence-electron chi connectivity index (χ3n) is 6.01. The van der Waals surface area contributed by atoms with E-state index in [0.29, 0.717) is 10.6 Å². The molecule has 5 rings (SSSR count). The smallest absolute Gasteiger partial charge is 0.252 e. The van der Waals surface area contributed by atoms with Crippen molar-refractivity contribution in [3.8, 4) is 0 Å². The van der Waals surface area contributed by atoms with Crippen molar-refractivity contribution in [2.45, 2.75) is 38.1 Å². The summed E-state index contributed by atoms with van der Waals surface area (Å²) >= 11 is 5.95. The number of aryl methyl sites for hydroxylation is 1. The Hall–Kier alpha value is -2.99. The molecule has 0 spiro atoms. The van der Waals surface area contributed by atoms with Gasteiger partial charge in [-0.2, -0.15) is 0 Å². The highest BCUT2D eigenvalue weighted by Crippen LogP contribution is 2.42. The van der Waals surface area contributed by atoms with Crippen LogP contribution in [0.1, 0.15) is 46.8 Å². The van der Waals surface area contributed by atoms with Crippen LogP contribution >= 0.6 is 11.6 Å². The summed E-state index contributed by atoms with van der Waals surface area (Å²) in [5.41, 5.74) is 3.28. The number of halogens is 1. The minimum absolute atomic E-state index is 0.0910. The zero-order valence-corrected chi connectivity index (χ0v) is 17.5. The third kappa shape index (κ3) is 3.31. The lowest BCUT2D eigenvalue weighted by atomic mass is 9.73. The van der Waals surface area contributed by atoms with Crippen molar-refractivity contribution in [3.63, 3.8) is 0 Å². The highest BCUT2D eigenvalue weighted by molar-refractivity contribution is 6.30. The van der Waals surface area contributed by atoms with E-state index in [1.165, 1.54) is 0 Å². The van der Waals surface area contributed by atoms with Gasteiger partial charge in [-0.05, 0) is 68.7 Å². The van der Waals surface area contributed by atoms with Crippen molar-refractivity contribution in [3.05, 3.63) is 76.5 Å². The average molecular weight is 420 g/mol. The van der Waals surface area contributed by atoms with Gasteiger partial charge in [-0.3, -0.25) is 9.78 Å². The van der Waals surface area contributed by atoms with Crippen LogP contribution in [0, 0.1) is 6.92 Å². The van der Waals surface area contributed by atoms with E-state index in [9.17, 15) is 4.79 Å². The molecule has 1 fully saturated rings. The summed E-state index contributed by atoms with van der Waals surface area (Å²) in [6.07, 6.45) is 5.51. The number of hydrogen-bond donors (Lipinski definition) is 1. The molecule has 3 aromatic rings. The molecule has 0 unspecified atom stereocenters. The Morgan fingerprint density at radius 2 is 1.90 bits per heavy atom. The SMILES string of the molecule is Cc1nccc(N2CCc3nc(C4(NC(=O)c5ccc(Cl)cc5)CCC4)ccc32)n1. The maximum absolute atomic E-state index is 12.8. The van der Waals surface area contributed by atoms with Crippen molar-refractivity contribution >= 4 is 29.0 Å². The Balaban J connectivity index is 1.41. The molecular formula is C23H22ClN5O. The van der Waals surface area contributed by atoms with Gasteiger partial charge in [0.1, 0.15) is 11.6 Å². The molecule has 1 aliphatic heterocycles. The molecule has 1 amide bonds. The van der Waals surface area contributed by atoms with Crippen LogP contribution in [0.3, 0.4) is 0 Å². The van der Waals surface area contributed by atoms with Crippen LogP contribution in [-0.2, 0) is 12.0 Å². The summed E-state index contributed by atoms with van der Waals surface area (Å²) in [6.45, 7) is 2.73. The van der Waals surface area contributed by atoms with Crippen LogP contribution in [0.2, 0.25) is 5.02 Å². The van der Waals surface area contributed by atoms with Crippen LogP contribution in [0.4, 0.5) is 11.5 Å². The number of pyridine rings is 1. The van der Waals surface area contributed by atoms with E-state index in [4.69, 9.17) is 16.6 Å². The number of carbonyl (C=O) groups is 1. The van der Waals surface area contributed by atoms with E-state index >= 15 is 0 Å². The maximum Gasteiger partial charge on any atom is 0.252 e. The number of amides is 1. The second kappa shape index (κ2) is 7.36. The molecule has 7 heteroatoms. The first-order valence-corrected chi connectivity index (χ1v) is 10.6. The van der Waals surface area contributed by atoms with E-state index in [1.54, 1.807) is 30.5 Å². The number of rotatable bonds is 4. The van der Waals surface area contributed by atoms with Crippen molar-refractivity contribution in [1.82, 2.24) is 20.3 Å². The van der Waals surface area contributed by atoms with Crippen LogP contribution in [0.15, 0.2) is 48.7 Å². The highest BCUT2D eigenvalue weighted by atomic mass is 35.5. The molecule has 0 bridgehead atoms. The number of nitrogens with zero attached hydrogens (tertiary/aromatic N) is 4. The van der Waals surface area contributed by atoms with Crippen molar-refractivity contribution in [2.24, 2.45) is 0 Å². The fraction of sp³-hybridized carbons (Fsp3) is 0.304. The zero-order valence-electron chi connectivity index (χ0n) is 16.7. The summed E-state index contributed by atoms with van der Waals surface area (Å²) < 4.78 is 0. The fourth-order valence-corrected chi connectivity index (χ4v) is 4.35. The minimum Gasteiger partial charge on any atom is -0.341 e. The summed E-state index contributed by atoms with van der Waals surface area (Å²) in [7, 11) is 0. The minimum atomic E-state index is -0.398. The quantitative estimate of drug-likeness (QED) is 0.681. The van der Waals surface area contributed by atoms with Crippen molar-refractivity contribution < 1.29 is 4.79 Å². The number of anilines is 2. The van der Waals surface area contributed by atoms with E-state index in [1.807, 2.05) is 19.1 Å². The number of nitrogens with one attached hydrogen (secondary N) is 1. The molecule has 1 aliphatic carbocycles. The Kier molecular flexibility index (Phi) is 4.66. The standard InChI is InChI=1S/C23H22ClN5O/c1-15-25-13-9-21(26-15)29-14-10-18-19(29)7-8-20(27-18)23(11-2-12-23)28-22(30)16-3-5-17(24)6-4-16/h3-9,13H,2,10-12,14H2,1H3,(H,28,30). The maximum atomic E-state index is 12.8. The molecule has 0 radical (unpaired) electrons. The predicted octanol–water partition coefficient (Wildman–Crippen LogP) is 4.34. The van der Waals surface area contributed by atoms with Gasteiger partial charge < -0.3 is 10.2 Å². The Labute approximate surface area is 180 Å². The fourth-order valence-electron chi connectivity index (χ4n) is 4.23. The van der Waals surface area contributed by atoms with Gasteiger partial charge in [0.05, 0.1) is 22.6 Å². The van der Waals surface area contributed by atoms with Crippen molar-refractivity contribution in [1.29, 1.82) is 0 Å². The Morgan fingerprint density at radius 3 is 2.60 bits per heavy atom. The molecule has 1 N–H and O–H groups in total. The van der Waals surface area contributed by atoms with Crippen LogP contribution in [0.25, 0.3) is 0 Å². The molecule has 6 nitrogen and oxygen atoms in total. The number of fused-ring (bicyclic) bond motifs is 1. The Morgan fingerprint density at radius 1 is 1.10 bits per heavy atom. The van der Waals surface area contributed by atoms with Gasteiger partial charge in [0.15, 0.2) is 0 Å². The summed E-state index contributed by atoms with van der Waals surface area (Å²) in [5, 5.41) is 3.86. The van der Waals surface area contributed by atoms with Crippen molar-refractivity contribution in [2.75, 3.05) is 11.4 Å². The van der Waals surface area contributed by atoms with Gasteiger partial charge in [-0.1, -0.05) is 11.6 Å². The lowest BCUT2D eigenvalue weighted by Crippen LogP contribution is -2.51. The van der Waals surface area contributed by atoms with Crippen LogP contribution in [0.5, 0.6) is 0 Å². The number of hydrogen-bond acceptors (Lipinski definition) is 5. The second-order valence-corrected chi connectivity index (χ2v) is 8.36. The molecule has 30 heavy (non-hydrogen) atoms. The normalized spacial score (nSPS) is 16.7. The lowest BCUT2D eigenvalue weighted by molar-refractivity contribution is 0.0816. The Bertz CT molecular complexity index is 1110. The molecule has 0 atom stereocenters. The molecule has 3 heterocycles. The predicted molar refractivity (Wildman–Crippen MR) is 116 cm³/mol. The number of carbonyl (C=O) groups excluding carboxylic acids is 1. The van der Waals surface area contributed by atoms with Crippen LogP contribution < -0.4 is 10.2 Å². The molecule has 2 aromatic heterocycles. The first-order chi connectivity index (χ1) is 14.5. The first kappa shape index (κ1) is 19.0. The average Bonchev–Trinajstić information content (AvgIpc) is 3.14. The largest absolute Gasteiger partial charge is 0.341 e.